The summed E-state index contributed by atoms with van der Waals surface area (Å²) in [6.45, 7) is 0. The highest BCUT2D eigenvalue weighted by Crippen LogP contribution is 2.40. The van der Waals surface area contributed by atoms with E-state index >= 15 is 0 Å². The smallest absolute Gasteiger partial charge is 0.0562 e. The summed E-state index contributed by atoms with van der Waals surface area (Å²) in [7, 11) is 0. The summed E-state index contributed by atoms with van der Waals surface area (Å²) in [4.78, 5) is 0. The molecule has 0 amide bonds. The first-order chi connectivity index (χ1) is 15.9. The second-order valence-corrected chi connectivity index (χ2v) is 8.88. The van der Waals surface area contributed by atoms with Gasteiger partial charge in [0, 0.05) is 33.2 Å². The lowest BCUT2D eigenvalue weighted by atomic mass is 9.95. The zero-order chi connectivity index (χ0) is 21.1. The van der Waals surface area contributed by atoms with Crippen molar-refractivity contribution in [1.29, 1.82) is 0 Å². The van der Waals surface area contributed by atoms with Gasteiger partial charge in [-0.2, -0.15) is 0 Å². The Morgan fingerprint density at radius 2 is 1.09 bits per heavy atom. The molecule has 0 saturated heterocycles. The van der Waals surface area contributed by atoms with E-state index in [2.05, 4.69) is 106 Å². The molecule has 0 spiro atoms. The molecule has 0 N–H and O–H groups in total. The molecule has 2 heterocycles. The SMILES string of the molecule is c1ccc(-n2c3c(c4cc5c6ccccc6n(-c6ccccc6)c5cc42)CCCC3)cc1. The Morgan fingerprint density at radius 3 is 1.88 bits per heavy atom. The van der Waals surface area contributed by atoms with Gasteiger partial charge >= 0.3 is 0 Å². The van der Waals surface area contributed by atoms with Crippen LogP contribution in [0.15, 0.2) is 97.1 Å². The summed E-state index contributed by atoms with van der Waals surface area (Å²) in [6.07, 6.45) is 4.89. The van der Waals surface area contributed by atoms with Crippen LogP contribution in [0.4, 0.5) is 0 Å². The fraction of sp³-hybridized carbons (Fsp3) is 0.133. The maximum atomic E-state index is 2.52. The molecule has 7 rings (SSSR count). The third-order valence-corrected chi connectivity index (χ3v) is 7.09. The van der Waals surface area contributed by atoms with E-state index in [-0.39, 0.29) is 0 Å². The molecule has 1 aliphatic carbocycles. The Bertz CT molecular complexity index is 1600. The van der Waals surface area contributed by atoms with Gasteiger partial charge in [-0.3, -0.25) is 0 Å². The second kappa shape index (κ2) is 6.86. The van der Waals surface area contributed by atoms with Gasteiger partial charge in [-0.1, -0.05) is 54.6 Å². The van der Waals surface area contributed by atoms with Crippen LogP contribution < -0.4 is 0 Å². The molecule has 0 saturated carbocycles. The van der Waals surface area contributed by atoms with Crippen LogP contribution in [-0.2, 0) is 12.8 Å². The Morgan fingerprint density at radius 1 is 0.469 bits per heavy atom. The molecule has 2 heteroatoms. The molecule has 0 bridgehead atoms. The van der Waals surface area contributed by atoms with E-state index in [1.807, 2.05) is 0 Å². The van der Waals surface area contributed by atoms with Gasteiger partial charge in [-0.15, -0.1) is 0 Å². The molecule has 1 aliphatic rings. The first kappa shape index (κ1) is 17.9. The van der Waals surface area contributed by atoms with Crippen LogP contribution in [0.1, 0.15) is 24.1 Å². The second-order valence-electron chi connectivity index (χ2n) is 8.88. The first-order valence-electron chi connectivity index (χ1n) is 11.6. The van der Waals surface area contributed by atoms with Gasteiger partial charge < -0.3 is 9.13 Å². The molecule has 0 unspecified atom stereocenters. The highest BCUT2D eigenvalue weighted by atomic mass is 15.0. The standard InChI is InChI=1S/C30H24N2/c1-3-11-21(12-4-1)31-27-17-9-7-15-23(27)25-19-26-24-16-8-10-18-28(24)32(30(26)20-29(25)31)22-13-5-2-6-14-22/h1-7,9,11-15,17,19-20H,8,10,16,18H2. The summed E-state index contributed by atoms with van der Waals surface area (Å²) in [6, 6.07) is 35.3. The molecule has 0 fully saturated rings. The van der Waals surface area contributed by atoms with Gasteiger partial charge in [-0.05, 0) is 73.7 Å². The van der Waals surface area contributed by atoms with Crippen LogP contribution in [0, 0.1) is 0 Å². The highest BCUT2D eigenvalue weighted by Gasteiger charge is 2.23. The van der Waals surface area contributed by atoms with Gasteiger partial charge in [0.2, 0.25) is 0 Å². The van der Waals surface area contributed by atoms with Gasteiger partial charge in [0.1, 0.15) is 0 Å². The summed E-state index contributed by atoms with van der Waals surface area (Å²) >= 11 is 0. The van der Waals surface area contributed by atoms with Crippen molar-refractivity contribution < 1.29 is 0 Å². The minimum absolute atomic E-state index is 1.16. The lowest BCUT2D eigenvalue weighted by Crippen LogP contribution is -2.06. The summed E-state index contributed by atoms with van der Waals surface area (Å²) in [5, 5.41) is 4.09. The number of aryl methyl sites for hydroxylation is 1. The largest absolute Gasteiger partial charge is 0.313 e. The van der Waals surface area contributed by atoms with Crippen molar-refractivity contribution in [1.82, 2.24) is 9.13 Å². The number of rotatable bonds is 2. The fourth-order valence-corrected chi connectivity index (χ4v) is 5.73. The molecule has 2 nitrogen and oxygen atoms in total. The normalized spacial score (nSPS) is 13.8. The number of benzene rings is 4. The first-order valence-corrected chi connectivity index (χ1v) is 11.6. The van der Waals surface area contributed by atoms with Crippen molar-refractivity contribution in [2.24, 2.45) is 0 Å². The number of nitrogens with zero attached hydrogens (tertiary/aromatic N) is 2. The molecule has 0 aliphatic heterocycles. The summed E-state index contributed by atoms with van der Waals surface area (Å²) in [5.74, 6) is 0. The number of hydrogen-bond acceptors (Lipinski definition) is 0. The van der Waals surface area contributed by atoms with Crippen molar-refractivity contribution in [3.05, 3.63) is 108 Å². The van der Waals surface area contributed by atoms with E-state index in [1.165, 1.54) is 69.0 Å². The summed E-state index contributed by atoms with van der Waals surface area (Å²) < 4.78 is 4.95. The van der Waals surface area contributed by atoms with E-state index < -0.39 is 0 Å². The number of fused-ring (bicyclic) bond motifs is 6. The van der Waals surface area contributed by atoms with Gasteiger partial charge in [0.05, 0.1) is 16.6 Å². The Hall–Kier alpha value is -3.78. The maximum absolute atomic E-state index is 2.52. The Balaban J connectivity index is 1.66. The quantitative estimate of drug-likeness (QED) is 0.277. The van der Waals surface area contributed by atoms with E-state index in [9.17, 15) is 0 Å². The lowest BCUT2D eigenvalue weighted by molar-refractivity contribution is 0.667. The molecule has 4 aromatic carbocycles. The minimum Gasteiger partial charge on any atom is -0.313 e. The average Bonchev–Trinajstić information content (AvgIpc) is 3.36. The molecule has 0 radical (unpaired) electrons. The molecular formula is C30H24N2. The van der Waals surface area contributed by atoms with Crippen LogP contribution in [0.5, 0.6) is 0 Å². The van der Waals surface area contributed by atoms with Crippen molar-refractivity contribution in [2.45, 2.75) is 25.7 Å². The Labute approximate surface area is 187 Å². The van der Waals surface area contributed by atoms with E-state index in [1.54, 1.807) is 5.56 Å². The number of aromatic nitrogens is 2. The summed E-state index contributed by atoms with van der Waals surface area (Å²) in [5.41, 5.74) is 9.39. The molecule has 32 heavy (non-hydrogen) atoms. The predicted molar refractivity (Wildman–Crippen MR) is 134 cm³/mol. The number of hydrogen-bond donors (Lipinski definition) is 0. The molecule has 6 aromatic rings. The van der Waals surface area contributed by atoms with E-state index in [0.29, 0.717) is 0 Å². The predicted octanol–water partition coefficient (Wildman–Crippen LogP) is 7.61. The van der Waals surface area contributed by atoms with Crippen LogP contribution in [0.3, 0.4) is 0 Å². The molecular weight excluding hydrogens is 388 g/mol. The molecule has 2 aromatic heterocycles. The zero-order valence-corrected chi connectivity index (χ0v) is 18.0. The third-order valence-electron chi connectivity index (χ3n) is 7.09. The van der Waals surface area contributed by atoms with Crippen LogP contribution in [-0.4, -0.2) is 9.13 Å². The Kier molecular flexibility index (Phi) is 3.83. The van der Waals surface area contributed by atoms with Crippen molar-refractivity contribution in [3.8, 4) is 11.4 Å². The molecule has 154 valence electrons. The lowest BCUT2D eigenvalue weighted by Gasteiger charge is -2.16. The van der Waals surface area contributed by atoms with Gasteiger partial charge in [0.15, 0.2) is 0 Å². The van der Waals surface area contributed by atoms with Crippen molar-refractivity contribution >= 4 is 32.7 Å². The third kappa shape index (κ3) is 2.47. The fourth-order valence-electron chi connectivity index (χ4n) is 5.73. The van der Waals surface area contributed by atoms with Crippen molar-refractivity contribution in [2.75, 3.05) is 0 Å². The minimum atomic E-state index is 1.16. The van der Waals surface area contributed by atoms with Crippen LogP contribution >= 0.6 is 0 Å². The monoisotopic (exact) mass is 412 g/mol. The van der Waals surface area contributed by atoms with Crippen LogP contribution in [0.2, 0.25) is 0 Å². The van der Waals surface area contributed by atoms with Crippen molar-refractivity contribution in [3.63, 3.8) is 0 Å². The van der Waals surface area contributed by atoms with E-state index in [4.69, 9.17) is 0 Å². The highest BCUT2D eigenvalue weighted by molar-refractivity contribution is 6.14. The zero-order valence-electron chi connectivity index (χ0n) is 18.0. The van der Waals surface area contributed by atoms with Gasteiger partial charge in [-0.25, -0.2) is 0 Å². The average molecular weight is 413 g/mol. The van der Waals surface area contributed by atoms with Crippen LogP contribution in [0.25, 0.3) is 44.1 Å². The maximum Gasteiger partial charge on any atom is 0.0562 e. The topological polar surface area (TPSA) is 9.86 Å². The van der Waals surface area contributed by atoms with Gasteiger partial charge in [0.25, 0.3) is 0 Å². The number of para-hydroxylation sites is 3. The molecule has 0 atom stereocenters. The van der Waals surface area contributed by atoms with E-state index in [0.717, 1.165) is 6.42 Å².